The summed E-state index contributed by atoms with van der Waals surface area (Å²) in [4.78, 5) is 2.87. The van der Waals surface area contributed by atoms with Crippen molar-refractivity contribution in [1.82, 2.24) is 0 Å². The van der Waals surface area contributed by atoms with E-state index in [0.717, 1.165) is 12.2 Å². The molecule has 122 valence electrons. The minimum Gasteiger partial charge on any atom is -0.489 e. The van der Waals surface area contributed by atoms with Crippen LogP contribution in [0.4, 0.5) is 0 Å². The molecule has 4 rings (SSSR count). The van der Waals surface area contributed by atoms with Crippen molar-refractivity contribution in [2.45, 2.75) is 44.1 Å². The maximum atomic E-state index is 8.57. The summed E-state index contributed by atoms with van der Waals surface area (Å²) < 4.78 is 6.15. The fourth-order valence-electron chi connectivity index (χ4n) is 4.01. The molecule has 1 saturated carbocycles. The molecule has 4 heteroatoms. The van der Waals surface area contributed by atoms with E-state index in [-0.39, 0.29) is 6.10 Å². The molecule has 0 aromatic heterocycles. The average molecular weight is 319 g/mol. The zero-order valence-corrected chi connectivity index (χ0v) is 13.7. The molecule has 0 amide bonds. The van der Waals surface area contributed by atoms with Crippen LogP contribution in [-0.4, -0.2) is 12.6 Å². The van der Waals surface area contributed by atoms with Crippen LogP contribution in [0.3, 0.4) is 0 Å². The molecular formula is C20H21N3O. The minimum absolute atomic E-state index is 0.0443. The van der Waals surface area contributed by atoms with Crippen molar-refractivity contribution in [3.05, 3.63) is 64.0 Å². The summed E-state index contributed by atoms with van der Waals surface area (Å²) in [6.07, 6.45) is 6.02. The van der Waals surface area contributed by atoms with E-state index in [9.17, 15) is 0 Å². The van der Waals surface area contributed by atoms with Crippen LogP contribution in [0, 0.1) is 0 Å². The number of azide groups is 1. The monoisotopic (exact) mass is 319 g/mol. The maximum absolute atomic E-state index is 8.57. The van der Waals surface area contributed by atoms with Crippen LogP contribution in [0.5, 0.6) is 5.75 Å². The van der Waals surface area contributed by atoms with Gasteiger partial charge in [-0.3, -0.25) is 0 Å². The molecule has 2 aliphatic rings. The zero-order chi connectivity index (χ0) is 16.4. The molecule has 1 aliphatic heterocycles. The first-order chi connectivity index (χ1) is 11.8. The number of rotatable bonds is 4. The molecular weight excluding hydrogens is 298 g/mol. The van der Waals surface area contributed by atoms with Crippen LogP contribution >= 0.6 is 0 Å². The predicted octanol–water partition coefficient (Wildman–Crippen LogP) is 5.63. The van der Waals surface area contributed by atoms with Crippen molar-refractivity contribution in [1.29, 1.82) is 0 Å². The van der Waals surface area contributed by atoms with Gasteiger partial charge in [0, 0.05) is 16.9 Å². The third-order valence-electron chi connectivity index (χ3n) is 5.18. The molecule has 0 radical (unpaired) electrons. The summed E-state index contributed by atoms with van der Waals surface area (Å²) in [5.74, 6) is 1.65. The Kier molecular flexibility index (Phi) is 4.14. The number of ether oxygens (including phenoxy) is 1. The Hall–Kier alpha value is -2.45. The fraction of sp³-hybridized carbons (Fsp3) is 0.400. The van der Waals surface area contributed by atoms with Gasteiger partial charge < -0.3 is 4.74 Å². The van der Waals surface area contributed by atoms with E-state index >= 15 is 0 Å². The van der Waals surface area contributed by atoms with Gasteiger partial charge in [-0.1, -0.05) is 54.4 Å². The van der Waals surface area contributed by atoms with Crippen molar-refractivity contribution in [2.75, 3.05) is 6.54 Å². The molecule has 1 atom stereocenters. The molecule has 1 heterocycles. The van der Waals surface area contributed by atoms with Gasteiger partial charge in [0.25, 0.3) is 0 Å². The number of hydrogen-bond acceptors (Lipinski definition) is 2. The third-order valence-corrected chi connectivity index (χ3v) is 5.18. The van der Waals surface area contributed by atoms with Gasteiger partial charge in [0.15, 0.2) is 0 Å². The van der Waals surface area contributed by atoms with Crippen molar-refractivity contribution in [3.8, 4) is 16.9 Å². The van der Waals surface area contributed by atoms with Crippen LogP contribution < -0.4 is 4.74 Å². The summed E-state index contributed by atoms with van der Waals surface area (Å²) in [7, 11) is 0. The van der Waals surface area contributed by atoms with Gasteiger partial charge in [-0.2, -0.15) is 0 Å². The summed E-state index contributed by atoms with van der Waals surface area (Å²) in [6.45, 7) is 0.387. The fourth-order valence-corrected chi connectivity index (χ4v) is 4.01. The molecule has 2 aromatic rings. The number of hydrogen-bond donors (Lipinski definition) is 0. The van der Waals surface area contributed by atoms with Crippen molar-refractivity contribution >= 4 is 0 Å². The van der Waals surface area contributed by atoms with Crippen LogP contribution in [0.25, 0.3) is 21.6 Å². The lowest BCUT2D eigenvalue weighted by Gasteiger charge is -2.16. The SMILES string of the molecule is [N-]=[N+]=NCC1Cc2cc(C3CCCC3)cc(-c3ccccc3)c2O1. The van der Waals surface area contributed by atoms with Crippen LogP contribution in [0.15, 0.2) is 47.6 Å². The lowest BCUT2D eigenvalue weighted by molar-refractivity contribution is 0.242. The third kappa shape index (κ3) is 2.85. The predicted molar refractivity (Wildman–Crippen MR) is 95.2 cm³/mol. The molecule has 0 bridgehead atoms. The largest absolute Gasteiger partial charge is 0.489 e. The second-order valence-electron chi connectivity index (χ2n) is 6.76. The number of benzene rings is 2. The lowest BCUT2D eigenvalue weighted by atomic mass is 9.90. The van der Waals surface area contributed by atoms with E-state index in [1.54, 1.807) is 0 Å². The average Bonchev–Trinajstić information content (AvgIpc) is 3.29. The van der Waals surface area contributed by atoms with Gasteiger partial charge in [-0.25, -0.2) is 0 Å². The minimum atomic E-state index is -0.0443. The molecule has 1 fully saturated rings. The number of nitrogens with zero attached hydrogens (tertiary/aromatic N) is 3. The smallest absolute Gasteiger partial charge is 0.130 e. The highest BCUT2D eigenvalue weighted by Gasteiger charge is 2.28. The highest BCUT2D eigenvalue weighted by Crippen LogP contribution is 2.44. The number of fused-ring (bicyclic) bond motifs is 1. The molecule has 0 saturated heterocycles. The first kappa shape index (κ1) is 15.1. The van der Waals surface area contributed by atoms with E-state index in [1.807, 2.05) is 6.07 Å². The molecule has 0 spiro atoms. The van der Waals surface area contributed by atoms with Gasteiger partial charge in [0.1, 0.15) is 11.9 Å². The molecule has 4 nitrogen and oxygen atoms in total. The zero-order valence-electron chi connectivity index (χ0n) is 13.7. The van der Waals surface area contributed by atoms with Crippen LogP contribution in [0.1, 0.15) is 42.7 Å². The molecule has 0 N–H and O–H groups in total. The van der Waals surface area contributed by atoms with Gasteiger partial charge in [0.2, 0.25) is 0 Å². The Morgan fingerprint density at radius 1 is 1.12 bits per heavy atom. The molecule has 24 heavy (non-hydrogen) atoms. The molecule has 1 aliphatic carbocycles. The molecule has 2 aromatic carbocycles. The Bertz CT molecular complexity index is 775. The van der Waals surface area contributed by atoms with Crippen LogP contribution in [-0.2, 0) is 6.42 Å². The highest BCUT2D eigenvalue weighted by molar-refractivity contribution is 5.74. The summed E-state index contributed by atoms with van der Waals surface area (Å²) >= 11 is 0. The van der Waals surface area contributed by atoms with E-state index in [4.69, 9.17) is 10.3 Å². The van der Waals surface area contributed by atoms with Gasteiger partial charge in [-0.05, 0) is 47.0 Å². The van der Waals surface area contributed by atoms with Gasteiger partial charge in [-0.15, -0.1) is 0 Å². The van der Waals surface area contributed by atoms with Gasteiger partial charge >= 0.3 is 0 Å². The lowest BCUT2D eigenvalue weighted by Crippen LogP contribution is -2.16. The first-order valence-corrected chi connectivity index (χ1v) is 8.75. The van der Waals surface area contributed by atoms with Crippen molar-refractivity contribution in [3.63, 3.8) is 0 Å². The second-order valence-corrected chi connectivity index (χ2v) is 6.76. The Balaban J connectivity index is 1.76. The topological polar surface area (TPSA) is 58.0 Å². The normalized spacial score (nSPS) is 19.6. The van der Waals surface area contributed by atoms with Crippen molar-refractivity contribution < 1.29 is 4.74 Å². The second kappa shape index (κ2) is 6.58. The highest BCUT2D eigenvalue weighted by atomic mass is 16.5. The van der Waals surface area contributed by atoms with E-state index in [0.29, 0.717) is 12.5 Å². The molecule has 1 unspecified atom stereocenters. The van der Waals surface area contributed by atoms with E-state index in [1.165, 1.54) is 47.9 Å². The van der Waals surface area contributed by atoms with Crippen molar-refractivity contribution in [2.24, 2.45) is 5.11 Å². The summed E-state index contributed by atoms with van der Waals surface area (Å²) in [5, 5.41) is 3.69. The Morgan fingerprint density at radius 2 is 1.92 bits per heavy atom. The van der Waals surface area contributed by atoms with Crippen LogP contribution in [0.2, 0.25) is 0 Å². The maximum Gasteiger partial charge on any atom is 0.130 e. The van der Waals surface area contributed by atoms with E-state index < -0.39 is 0 Å². The quantitative estimate of drug-likeness (QED) is 0.409. The van der Waals surface area contributed by atoms with E-state index in [2.05, 4.69) is 46.4 Å². The summed E-state index contributed by atoms with van der Waals surface area (Å²) in [6, 6.07) is 15.1. The Morgan fingerprint density at radius 3 is 2.67 bits per heavy atom. The van der Waals surface area contributed by atoms with Gasteiger partial charge in [0.05, 0.1) is 6.54 Å². The first-order valence-electron chi connectivity index (χ1n) is 8.75. The summed E-state index contributed by atoms with van der Waals surface area (Å²) in [5.41, 5.74) is 13.6. The Labute approximate surface area is 142 Å². The standard InChI is InChI=1S/C20H21N3O/c21-23-22-13-18-11-17-10-16(14-6-4-5-7-14)12-19(20(17)24-18)15-8-2-1-3-9-15/h1-3,8-10,12,14,18H,4-7,11,13H2.